The van der Waals surface area contributed by atoms with Crippen LogP contribution in [0.15, 0.2) is 91.0 Å². The van der Waals surface area contributed by atoms with Crippen LogP contribution in [0.3, 0.4) is 0 Å². The van der Waals surface area contributed by atoms with Gasteiger partial charge in [0.2, 0.25) is 5.91 Å². The first-order valence-electron chi connectivity index (χ1n) is 8.92. The summed E-state index contributed by atoms with van der Waals surface area (Å²) in [6.07, 6.45) is 2.90. The number of carbonyl (C=O) groups is 1. The summed E-state index contributed by atoms with van der Waals surface area (Å²) in [7, 11) is 0. The molecule has 0 N–H and O–H groups in total. The molecule has 0 unspecified atom stereocenters. The van der Waals surface area contributed by atoms with E-state index in [1.807, 2.05) is 60.7 Å². The molecule has 140 valence electrons. The van der Waals surface area contributed by atoms with Gasteiger partial charge in [-0.2, -0.15) is 0 Å². The lowest BCUT2D eigenvalue weighted by Gasteiger charge is -2.21. The van der Waals surface area contributed by atoms with Crippen molar-refractivity contribution in [2.75, 3.05) is 0 Å². The van der Waals surface area contributed by atoms with E-state index in [0.717, 1.165) is 11.1 Å². The van der Waals surface area contributed by atoms with Gasteiger partial charge in [0.05, 0.1) is 10.5 Å². The van der Waals surface area contributed by atoms with Crippen molar-refractivity contribution < 1.29 is 9.72 Å². The lowest BCUT2D eigenvalue weighted by atomic mass is 10.1. The molecule has 3 rings (SSSR count). The van der Waals surface area contributed by atoms with Gasteiger partial charge in [0, 0.05) is 25.2 Å². The Hall–Kier alpha value is -3.73. The van der Waals surface area contributed by atoms with Gasteiger partial charge in [0.25, 0.3) is 5.69 Å². The Morgan fingerprint density at radius 2 is 1.32 bits per heavy atom. The smallest absolute Gasteiger partial charge is 0.276 e. The minimum atomic E-state index is -0.449. The lowest BCUT2D eigenvalue weighted by Crippen LogP contribution is -2.28. The highest BCUT2D eigenvalue weighted by Crippen LogP contribution is 2.19. The van der Waals surface area contributed by atoms with Crippen LogP contribution in [0.5, 0.6) is 0 Å². The van der Waals surface area contributed by atoms with E-state index >= 15 is 0 Å². The molecule has 0 radical (unpaired) electrons. The second kappa shape index (κ2) is 9.28. The normalized spacial score (nSPS) is 10.7. The third-order valence-corrected chi connectivity index (χ3v) is 4.28. The summed E-state index contributed by atoms with van der Waals surface area (Å²) >= 11 is 0. The Bertz CT molecular complexity index is 928. The first-order valence-corrected chi connectivity index (χ1v) is 8.92. The summed E-state index contributed by atoms with van der Waals surface area (Å²) in [5, 5.41) is 11.2. The Morgan fingerprint density at radius 3 is 1.86 bits per heavy atom. The minimum absolute atomic E-state index is 0.0239. The van der Waals surface area contributed by atoms with Crippen molar-refractivity contribution in [2.45, 2.75) is 13.1 Å². The van der Waals surface area contributed by atoms with Crippen LogP contribution < -0.4 is 0 Å². The highest BCUT2D eigenvalue weighted by atomic mass is 16.6. The van der Waals surface area contributed by atoms with Crippen molar-refractivity contribution in [3.05, 3.63) is 118 Å². The van der Waals surface area contributed by atoms with Crippen molar-refractivity contribution in [3.63, 3.8) is 0 Å². The lowest BCUT2D eigenvalue weighted by molar-refractivity contribution is -0.385. The number of para-hydroxylation sites is 1. The molecule has 0 aliphatic carbocycles. The molecule has 0 fully saturated rings. The van der Waals surface area contributed by atoms with E-state index in [4.69, 9.17) is 0 Å². The molecule has 0 heterocycles. The number of rotatable bonds is 7. The molecule has 0 saturated heterocycles. The number of amides is 1. The fourth-order valence-electron chi connectivity index (χ4n) is 2.88. The van der Waals surface area contributed by atoms with Gasteiger partial charge in [-0.05, 0) is 23.3 Å². The van der Waals surface area contributed by atoms with Gasteiger partial charge in [-0.1, -0.05) is 72.8 Å². The highest BCUT2D eigenvalue weighted by molar-refractivity contribution is 5.92. The first kappa shape index (κ1) is 19.0. The van der Waals surface area contributed by atoms with Crippen molar-refractivity contribution in [3.8, 4) is 0 Å². The summed E-state index contributed by atoms with van der Waals surface area (Å²) in [4.78, 5) is 25.3. The molecule has 0 atom stereocenters. The van der Waals surface area contributed by atoms with Crippen LogP contribution in [-0.2, 0) is 17.9 Å². The molecular weight excluding hydrogens is 352 g/mol. The van der Waals surface area contributed by atoms with E-state index in [1.165, 1.54) is 18.2 Å². The first-order chi connectivity index (χ1) is 13.6. The number of hydrogen-bond donors (Lipinski definition) is 0. The van der Waals surface area contributed by atoms with Gasteiger partial charge >= 0.3 is 0 Å². The van der Waals surface area contributed by atoms with Crippen LogP contribution in [-0.4, -0.2) is 15.7 Å². The standard InChI is InChI=1S/C23H20N2O3/c26-23(16-15-21-13-7-8-14-22(21)25(27)28)24(17-19-9-3-1-4-10-19)18-20-11-5-2-6-12-20/h1-16H,17-18H2/b16-15+. The summed E-state index contributed by atoms with van der Waals surface area (Å²) in [6.45, 7) is 0.908. The van der Waals surface area contributed by atoms with Crippen molar-refractivity contribution in [2.24, 2.45) is 0 Å². The maximum atomic E-state index is 12.9. The Morgan fingerprint density at radius 1 is 0.821 bits per heavy atom. The average molecular weight is 372 g/mol. The summed E-state index contributed by atoms with van der Waals surface area (Å²) in [5.74, 6) is -0.203. The average Bonchev–Trinajstić information content (AvgIpc) is 2.73. The van der Waals surface area contributed by atoms with Crippen molar-refractivity contribution in [1.82, 2.24) is 4.90 Å². The van der Waals surface area contributed by atoms with Gasteiger partial charge < -0.3 is 4.90 Å². The second-order valence-electron chi connectivity index (χ2n) is 6.31. The molecule has 0 bridgehead atoms. The van der Waals surface area contributed by atoms with Gasteiger partial charge in [-0.15, -0.1) is 0 Å². The fourth-order valence-corrected chi connectivity index (χ4v) is 2.88. The quantitative estimate of drug-likeness (QED) is 0.339. The third kappa shape index (κ3) is 5.14. The molecule has 5 nitrogen and oxygen atoms in total. The zero-order valence-electron chi connectivity index (χ0n) is 15.3. The summed E-state index contributed by atoms with van der Waals surface area (Å²) < 4.78 is 0. The number of hydrogen-bond acceptors (Lipinski definition) is 3. The molecule has 0 saturated carbocycles. The summed E-state index contributed by atoms with van der Waals surface area (Å²) in [5.41, 5.74) is 2.42. The topological polar surface area (TPSA) is 63.4 Å². The Balaban J connectivity index is 1.82. The van der Waals surface area contributed by atoms with Crippen LogP contribution in [0.4, 0.5) is 5.69 Å². The highest BCUT2D eigenvalue weighted by Gasteiger charge is 2.14. The van der Waals surface area contributed by atoms with Crippen LogP contribution in [0, 0.1) is 10.1 Å². The SMILES string of the molecule is O=C(/C=C/c1ccccc1[N+](=O)[O-])N(Cc1ccccc1)Cc1ccccc1. The van der Waals surface area contributed by atoms with E-state index in [9.17, 15) is 14.9 Å². The van der Waals surface area contributed by atoms with Gasteiger partial charge in [-0.3, -0.25) is 14.9 Å². The molecule has 0 aliphatic heterocycles. The van der Waals surface area contributed by atoms with Crippen LogP contribution in [0.25, 0.3) is 6.08 Å². The van der Waals surface area contributed by atoms with Gasteiger partial charge in [-0.25, -0.2) is 0 Å². The molecule has 5 heteroatoms. The molecule has 0 aliphatic rings. The molecule has 3 aromatic carbocycles. The number of carbonyl (C=O) groups excluding carboxylic acids is 1. The van der Waals surface area contributed by atoms with Crippen molar-refractivity contribution >= 4 is 17.7 Å². The van der Waals surface area contributed by atoms with E-state index in [1.54, 1.807) is 23.1 Å². The molecule has 3 aromatic rings. The number of benzene rings is 3. The molecule has 0 spiro atoms. The zero-order chi connectivity index (χ0) is 19.8. The van der Waals surface area contributed by atoms with E-state index in [2.05, 4.69) is 0 Å². The minimum Gasteiger partial charge on any atom is -0.331 e. The summed E-state index contributed by atoms with van der Waals surface area (Å²) in [6, 6.07) is 25.8. The molecule has 28 heavy (non-hydrogen) atoms. The van der Waals surface area contributed by atoms with Crippen LogP contribution in [0.2, 0.25) is 0 Å². The van der Waals surface area contributed by atoms with Crippen molar-refractivity contribution in [1.29, 1.82) is 0 Å². The third-order valence-electron chi connectivity index (χ3n) is 4.28. The van der Waals surface area contributed by atoms with E-state index in [-0.39, 0.29) is 11.6 Å². The van der Waals surface area contributed by atoms with E-state index < -0.39 is 4.92 Å². The molecule has 0 aromatic heterocycles. The number of nitro benzene ring substituents is 1. The second-order valence-corrected chi connectivity index (χ2v) is 6.31. The predicted octanol–water partition coefficient (Wildman–Crippen LogP) is 4.84. The van der Waals surface area contributed by atoms with Crippen LogP contribution in [0.1, 0.15) is 16.7 Å². The van der Waals surface area contributed by atoms with Gasteiger partial charge in [0.15, 0.2) is 0 Å². The number of nitro groups is 1. The molecule has 1 amide bonds. The predicted molar refractivity (Wildman–Crippen MR) is 109 cm³/mol. The largest absolute Gasteiger partial charge is 0.331 e. The van der Waals surface area contributed by atoms with E-state index in [0.29, 0.717) is 18.7 Å². The van der Waals surface area contributed by atoms with Crippen LogP contribution >= 0.6 is 0 Å². The Labute approximate surface area is 163 Å². The monoisotopic (exact) mass is 372 g/mol. The molecular formula is C23H20N2O3. The Kier molecular flexibility index (Phi) is 6.31. The fraction of sp³-hybridized carbons (Fsp3) is 0.0870. The van der Waals surface area contributed by atoms with Gasteiger partial charge in [0.1, 0.15) is 0 Å². The maximum Gasteiger partial charge on any atom is 0.276 e. The maximum absolute atomic E-state index is 12.9. The zero-order valence-corrected chi connectivity index (χ0v) is 15.3. The number of nitrogens with zero attached hydrogens (tertiary/aromatic N) is 2.